The second kappa shape index (κ2) is 3.75. The van der Waals surface area contributed by atoms with Crippen molar-refractivity contribution in [1.82, 2.24) is 9.55 Å². The molecule has 0 saturated heterocycles. The number of rotatable bonds is 3. The zero-order chi connectivity index (χ0) is 9.10. The van der Waals surface area contributed by atoms with Gasteiger partial charge in [-0.05, 0) is 35.7 Å². The van der Waals surface area contributed by atoms with E-state index in [0.29, 0.717) is 0 Å². The molecule has 0 amide bonds. The maximum Gasteiger partial charge on any atom is 0.105 e. The van der Waals surface area contributed by atoms with Crippen molar-refractivity contribution in [1.29, 1.82) is 0 Å². The van der Waals surface area contributed by atoms with Crippen LogP contribution in [0.1, 0.15) is 11.4 Å². The van der Waals surface area contributed by atoms with E-state index in [4.69, 9.17) is 0 Å². The molecule has 2 nitrogen and oxygen atoms in total. The van der Waals surface area contributed by atoms with Crippen molar-refractivity contribution < 1.29 is 0 Å². The molecule has 0 aliphatic rings. The molecule has 0 radical (unpaired) electrons. The highest BCUT2D eigenvalue weighted by Crippen LogP contribution is 2.08. The summed E-state index contributed by atoms with van der Waals surface area (Å²) < 4.78 is 2.18. The third kappa shape index (κ3) is 1.98. The average Bonchev–Trinajstić information content (AvgIpc) is 2.72. The second-order valence-corrected chi connectivity index (χ2v) is 3.83. The Morgan fingerprint density at radius 1 is 1.54 bits per heavy atom. The fourth-order valence-electron chi connectivity index (χ4n) is 1.32. The van der Waals surface area contributed by atoms with Crippen molar-refractivity contribution in [3.05, 3.63) is 40.6 Å². The highest BCUT2D eigenvalue weighted by Gasteiger charge is 1.97. The Hall–Kier alpha value is -1.09. The van der Waals surface area contributed by atoms with E-state index in [1.807, 2.05) is 19.3 Å². The highest BCUT2D eigenvalue weighted by atomic mass is 32.1. The first-order valence-corrected chi connectivity index (χ1v) is 5.29. The second-order valence-electron chi connectivity index (χ2n) is 3.05. The van der Waals surface area contributed by atoms with E-state index in [2.05, 4.69) is 26.4 Å². The summed E-state index contributed by atoms with van der Waals surface area (Å²) in [6.07, 6.45) is 4.98. The molecule has 0 aliphatic heterocycles. The highest BCUT2D eigenvalue weighted by molar-refractivity contribution is 7.07. The molecule has 68 valence electrons. The first-order chi connectivity index (χ1) is 6.36. The van der Waals surface area contributed by atoms with Gasteiger partial charge in [-0.25, -0.2) is 4.98 Å². The lowest BCUT2D eigenvalue weighted by Gasteiger charge is -2.02. The van der Waals surface area contributed by atoms with Gasteiger partial charge in [0.05, 0.1) is 0 Å². The maximum atomic E-state index is 4.18. The number of imidazole rings is 1. The predicted molar refractivity (Wildman–Crippen MR) is 55.0 cm³/mol. The maximum absolute atomic E-state index is 4.18. The van der Waals surface area contributed by atoms with Crippen LogP contribution in [0.3, 0.4) is 0 Å². The van der Waals surface area contributed by atoms with Gasteiger partial charge in [0.2, 0.25) is 0 Å². The third-order valence-electron chi connectivity index (χ3n) is 2.15. The Kier molecular flexibility index (Phi) is 2.45. The van der Waals surface area contributed by atoms with Crippen LogP contribution in [-0.2, 0) is 13.0 Å². The van der Waals surface area contributed by atoms with E-state index in [9.17, 15) is 0 Å². The van der Waals surface area contributed by atoms with E-state index in [-0.39, 0.29) is 0 Å². The van der Waals surface area contributed by atoms with E-state index >= 15 is 0 Å². The van der Waals surface area contributed by atoms with Crippen LogP contribution in [0.5, 0.6) is 0 Å². The number of aromatic nitrogens is 2. The molecular formula is C10H12N2S. The molecule has 0 N–H and O–H groups in total. The molecule has 2 aromatic rings. The van der Waals surface area contributed by atoms with Gasteiger partial charge in [-0.2, -0.15) is 11.3 Å². The zero-order valence-corrected chi connectivity index (χ0v) is 8.42. The number of thiophene rings is 1. The number of hydrogen-bond donors (Lipinski definition) is 0. The Morgan fingerprint density at radius 3 is 3.08 bits per heavy atom. The van der Waals surface area contributed by atoms with Crippen LogP contribution in [0.4, 0.5) is 0 Å². The van der Waals surface area contributed by atoms with Crippen LogP contribution in [0, 0.1) is 6.92 Å². The molecule has 0 aromatic carbocycles. The third-order valence-corrected chi connectivity index (χ3v) is 2.88. The molecule has 0 bridgehead atoms. The molecular weight excluding hydrogens is 180 g/mol. The smallest absolute Gasteiger partial charge is 0.105 e. The molecule has 0 atom stereocenters. The molecule has 0 unspecified atom stereocenters. The fraction of sp³-hybridized carbons (Fsp3) is 0.300. The molecule has 13 heavy (non-hydrogen) atoms. The normalized spacial score (nSPS) is 10.5. The molecule has 3 heteroatoms. The van der Waals surface area contributed by atoms with Crippen LogP contribution in [0.2, 0.25) is 0 Å². The summed E-state index contributed by atoms with van der Waals surface area (Å²) in [5, 5.41) is 4.32. The van der Waals surface area contributed by atoms with Crippen LogP contribution >= 0.6 is 11.3 Å². The predicted octanol–water partition coefficient (Wildman–Crippen LogP) is 2.50. The Labute approximate surface area is 81.9 Å². The van der Waals surface area contributed by atoms with Crippen LogP contribution in [0.25, 0.3) is 0 Å². The van der Waals surface area contributed by atoms with Gasteiger partial charge in [-0.1, -0.05) is 0 Å². The van der Waals surface area contributed by atoms with Crippen molar-refractivity contribution in [2.75, 3.05) is 0 Å². The first-order valence-electron chi connectivity index (χ1n) is 4.35. The molecule has 2 rings (SSSR count). The molecule has 0 fully saturated rings. The summed E-state index contributed by atoms with van der Waals surface area (Å²) in [7, 11) is 0. The Morgan fingerprint density at radius 2 is 2.46 bits per heavy atom. The molecule has 0 spiro atoms. The van der Waals surface area contributed by atoms with E-state index in [0.717, 1.165) is 18.8 Å². The van der Waals surface area contributed by atoms with Gasteiger partial charge in [0.15, 0.2) is 0 Å². The van der Waals surface area contributed by atoms with E-state index in [1.165, 1.54) is 5.56 Å². The summed E-state index contributed by atoms with van der Waals surface area (Å²) in [5.41, 5.74) is 1.41. The van der Waals surface area contributed by atoms with Crippen molar-refractivity contribution in [2.24, 2.45) is 0 Å². The van der Waals surface area contributed by atoms with E-state index < -0.39 is 0 Å². The van der Waals surface area contributed by atoms with Gasteiger partial charge in [-0.3, -0.25) is 0 Å². The molecule has 0 aliphatic carbocycles. The van der Waals surface area contributed by atoms with Crippen molar-refractivity contribution >= 4 is 11.3 Å². The lowest BCUT2D eigenvalue weighted by Crippen LogP contribution is -2.01. The summed E-state index contributed by atoms with van der Waals surface area (Å²) >= 11 is 1.76. The van der Waals surface area contributed by atoms with Crippen LogP contribution in [0.15, 0.2) is 29.2 Å². The van der Waals surface area contributed by atoms with Crippen molar-refractivity contribution in [2.45, 2.75) is 19.9 Å². The largest absolute Gasteiger partial charge is 0.335 e. The summed E-state index contributed by atoms with van der Waals surface area (Å²) in [6, 6.07) is 2.18. The van der Waals surface area contributed by atoms with Gasteiger partial charge in [-0.15, -0.1) is 0 Å². The molecule has 0 saturated carbocycles. The summed E-state index contributed by atoms with van der Waals surface area (Å²) in [4.78, 5) is 4.18. The fourth-order valence-corrected chi connectivity index (χ4v) is 2.03. The minimum Gasteiger partial charge on any atom is -0.335 e. The monoisotopic (exact) mass is 192 g/mol. The minimum atomic E-state index is 1.03. The van der Waals surface area contributed by atoms with Crippen LogP contribution in [-0.4, -0.2) is 9.55 Å². The van der Waals surface area contributed by atoms with E-state index in [1.54, 1.807) is 11.3 Å². The lowest BCUT2D eigenvalue weighted by atomic mass is 10.2. The SMILES string of the molecule is Cc1nccn1CCc1ccsc1. The van der Waals surface area contributed by atoms with Gasteiger partial charge in [0.1, 0.15) is 5.82 Å². The Balaban J connectivity index is 1.97. The van der Waals surface area contributed by atoms with Crippen LogP contribution < -0.4 is 0 Å². The standard InChI is InChI=1S/C10H12N2S/c1-9-11-4-6-12(9)5-2-10-3-7-13-8-10/h3-4,6-8H,2,5H2,1H3. The average molecular weight is 192 g/mol. The zero-order valence-electron chi connectivity index (χ0n) is 7.60. The minimum absolute atomic E-state index is 1.03. The van der Waals surface area contributed by atoms with Gasteiger partial charge in [0, 0.05) is 18.9 Å². The van der Waals surface area contributed by atoms with Crippen molar-refractivity contribution in [3.8, 4) is 0 Å². The molecule has 2 heterocycles. The summed E-state index contributed by atoms with van der Waals surface area (Å²) in [5.74, 6) is 1.09. The van der Waals surface area contributed by atoms with Gasteiger partial charge >= 0.3 is 0 Å². The first kappa shape index (κ1) is 8.51. The van der Waals surface area contributed by atoms with Crippen molar-refractivity contribution in [3.63, 3.8) is 0 Å². The number of nitrogens with zero attached hydrogens (tertiary/aromatic N) is 2. The Bertz CT molecular complexity index is 362. The topological polar surface area (TPSA) is 17.8 Å². The van der Waals surface area contributed by atoms with Gasteiger partial charge < -0.3 is 4.57 Å². The summed E-state index contributed by atoms with van der Waals surface area (Å²) in [6.45, 7) is 3.07. The van der Waals surface area contributed by atoms with Gasteiger partial charge in [0.25, 0.3) is 0 Å². The molecule has 2 aromatic heterocycles. The number of hydrogen-bond acceptors (Lipinski definition) is 2. The quantitative estimate of drug-likeness (QED) is 0.730. The number of aryl methyl sites for hydroxylation is 3. The lowest BCUT2D eigenvalue weighted by molar-refractivity contribution is 0.674.